The number of rotatable bonds is 6. The topological polar surface area (TPSA) is 76.7 Å². The maximum atomic E-state index is 5.19. The monoisotopic (exact) mass is 347 g/mol. The maximum absolute atomic E-state index is 5.19. The summed E-state index contributed by atoms with van der Waals surface area (Å²) in [4.78, 5) is 4.25. The van der Waals surface area contributed by atoms with Gasteiger partial charge in [0, 0.05) is 5.69 Å². The lowest BCUT2D eigenvalue weighted by Crippen LogP contribution is -1.94. The van der Waals surface area contributed by atoms with Gasteiger partial charge in [-0.3, -0.25) is 0 Å². The third-order valence-electron chi connectivity index (χ3n) is 3.21. The number of para-hydroxylation sites is 1. The summed E-state index contributed by atoms with van der Waals surface area (Å²) in [5.74, 6) is 1.25. The van der Waals surface area contributed by atoms with Crippen LogP contribution in [0, 0.1) is 6.92 Å². The number of aryl methyl sites for hydroxylation is 2. The van der Waals surface area contributed by atoms with Crippen molar-refractivity contribution in [2.45, 2.75) is 36.8 Å². The van der Waals surface area contributed by atoms with Gasteiger partial charge in [-0.05, 0) is 31.9 Å². The zero-order valence-electron chi connectivity index (χ0n) is 13.1. The second-order valence-corrected chi connectivity index (χ2v) is 7.51. The molecular formula is C15H17N5OS2. The molecule has 0 fully saturated rings. The predicted molar refractivity (Wildman–Crippen MR) is 92.3 cm³/mol. The molecule has 1 aromatic carbocycles. The fraction of sp³-hybridized carbons (Fsp3) is 0.333. The Morgan fingerprint density at radius 1 is 1.30 bits per heavy atom. The van der Waals surface area contributed by atoms with E-state index in [9.17, 15) is 0 Å². The number of nitrogens with zero attached hydrogens (tertiary/aromatic N) is 4. The number of thioether (sulfide) groups is 1. The fourth-order valence-corrected chi connectivity index (χ4v) is 3.99. The summed E-state index contributed by atoms with van der Waals surface area (Å²) in [6.07, 6.45) is 0.969. The number of nitrogens with one attached hydrogen (secondary N) is 1. The van der Waals surface area contributed by atoms with Gasteiger partial charge >= 0.3 is 0 Å². The molecule has 6 nitrogen and oxygen atoms in total. The lowest BCUT2D eigenvalue weighted by atomic mass is 10.1. The molecule has 3 rings (SSSR count). The molecule has 23 heavy (non-hydrogen) atoms. The molecule has 120 valence electrons. The van der Waals surface area contributed by atoms with Crippen molar-refractivity contribution < 1.29 is 4.52 Å². The SMILES string of the molecule is CCc1ccccc1Nc1nnc(SC(C)c2nc(C)no2)s1. The van der Waals surface area contributed by atoms with Crippen LogP contribution >= 0.6 is 23.1 Å². The normalized spacial score (nSPS) is 12.3. The highest BCUT2D eigenvalue weighted by Gasteiger charge is 2.17. The number of anilines is 2. The van der Waals surface area contributed by atoms with Crippen molar-refractivity contribution in [1.29, 1.82) is 0 Å². The highest BCUT2D eigenvalue weighted by molar-refractivity contribution is 8.01. The van der Waals surface area contributed by atoms with Gasteiger partial charge in [0.2, 0.25) is 11.0 Å². The van der Waals surface area contributed by atoms with Crippen molar-refractivity contribution >= 4 is 33.9 Å². The van der Waals surface area contributed by atoms with Crippen LogP contribution in [0.5, 0.6) is 0 Å². The fourth-order valence-electron chi connectivity index (χ4n) is 2.05. The molecule has 0 amide bonds. The molecule has 0 saturated heterocycles. The first-order valence-corrected chi connectivity index (χ1v) is 9.00. The highest BCUT2D eigenvalue weighted by Crippen LogP contribution is 2.37. The Morgan fingerprint density at radius 3 is 2.87 bits per heavy atom. The lowest BCUT2D eigenvalue weighted by Gasteiger charge is -2.07. The van der Waals surface area contributed by atoms with E-state index in [1.165, 1.54) is 16.9 Å². The quantitative estimate of drug-likeness (QED) is 0.663. The van der Waals surface area contributed by atoms with E-state index >= 15 is 0 Å². The highest BCUT2D eigenvalue weighted by atomic mass is 32.2. The van der Waals surface area contributed by atoms with E-state index in [2.05, 4.69) is 44.7 Å². The van der Waals surface area contributed by atoms with Gasteiger partial charge in [0.25, 0.3) is 0 Å². The van der Waals surface area contributed by atoms with Crippen molar-refractivity contribution in [3.63, 3.8) is 0 Å². The summed E-state index contributed by atoms with van der Waals surface area (Å²) in [6, 6.07) is 8.22. The molecule has 2 aromatic heterocycles. The van der Waals surface area contributed by atoms with E-state index in [0.29, 0.717) is 11.7 Å². The minimum Gasteiger partial charge on any atom is -0.338 e. The molecule has 0 saturated carbocycles. The largest absolute Gasteiger partial charge is 0.338 e. The van der Waals surface area contributed by atoms with Crippen molar-refractivity contribution in [3.8, 4) is 0 Å². The molecule has 3 aromatic rings. The molecule has 0 aliphatic heterocycles. The van der Waals surface area contributed by atoms with Crippen molar-refractivity contribution in [3.05, 3.63) is 41.5 Å². The van der Waals surface area contributed by atoms with Gasteiger partial charge < -0.3 is 9.84 Å². The van der Waals surface area contributed by atoms with E-state index in [0.717, 1.165) is 21.6 Å². The molecule has 1 atom stereocenters. The summed E-state index contributed by atoms with van der Waals surface area (Å²) in [5, 5.41) is 16.4. The summed E-state index contributed by atoms with van der Waals surface area (Å²) >= 11 is 3.08. The lowest BCUT2D eigenvalue weighted by molar-refractivity contribution is 0.376. The van der Waals surface area contributed by atoms with Gasteiger partial charge in [-0.15, -0.1) is 10.2 Å². The Bertz CT molecular complexity index is 786. The summed E-state index contributed by atoms with van der Waals surface area (Å²) in [7, 11) is 0. The molecule has 8 heteroatoms. The van der Waals surface area contributed by atoms with E-state index in [4.69, 9.17) is 4.52 Å². The zero-order valence-corrected chi connectivity index (χ0v) is 14.7. The average molecular weight is 347 g/mol. The summed E-state index contributed by atoms with van der Waals surface area (Å²) < 4.78 is 6.06. The minimum absolute atomic E-state index is 0.0416. The third kappa shape index (κ3) is 3.89. The van der Waals surface area contributed by atoms with E-state index in [1.54, 1.807) is 11.8 Å². The average Bonchev–Trinajstić information content (AvgIpc) is 3.17. The Balaban J connectivity index is 1.68. The van der Waals surface area contributed by atoms with E-state index in [1.807, 2.05) is 26.0 Å². The standard InChI is InChI=1S/C15H17N5OS2/c1-4-11-7-5-6-8-12(11)17-14-18-19-15(23-14)22-9(2)13-16-10(3)20-21-13/h5-9H,4H2,1-3H3,(H,17,18). The Hall–Kier alpha value is -1.93. The van der Waals surface area contributed by atoms with Gasteiger partial charge in [-0.25, -0.2) is 0 Å². The second-order valence-electron chi connectivity index (χ2n) is 4.95. The molecule has 0 aliphatic rings. The molecule has 2 heterocycles. The molecule has 1 N–H and O–H groups in total. The van der Waals surface area contributed by atoms with Crippen LogP contribution in [0.3, 0.4) is 0 Å². The predicted octanol–water partition coefficient (Wildman–Crippen LogP) is 4.39. The third-order valence-corrected chi connectivity index (χ3v) is 5.23. The van der Waals surface area contributed by atoms with Crippen LogP contribution in [0.1, 0.15) is 36.4 Å². The Labute approximate surface area is 142 Å². The van der Waals surface area contributed by atoms with Crippen molar-refractivity contribution in [2.24, 2.45) is 0 Å². The minimum atomic E-state index is 0.0416. The van der Waals surface area contributed by atoms with Crippen LogP contribution in [0.2, 0.25) is 0 Å². The van der Waals surface area contributed by atoms with Crippen LogP contribution in [-0.2, 0) is 6.42 Å². The van der Waals surface area contributed by atoms with E-state index < -0.39 is 0 Å². The number of hydrogen-bond donors (Lipinski definition) is 1. The van der Waals surface area contributed by atoms with Gasteiger partial charge in [-0.2, -0.15) is 4.98 Å². The molecular weight excluding hydrogens is 330 g/mol. The number of aromatic nitrogens is 4. The number of benzene rings is 1. The van der Waals surface area contributed by atoms with Gasteiger partial charge in [0.15, 0.2) is 10.2 Å². The van der Waals surface area contributed by atoms with Crippen molar-refractivity contribution in [2.75, 3.05) is 5.32 Å². The summed E-state index contributed by atoms with van der Waals surface area (Å²) in [5.41, 5.74) is 2.33. The van der Waals surface area contributed by atoms with E-state index in [-0.39, 0.29) is 5.25 Å². The van der Waals surface area contributed by atoms with Crippen LogP contribution < -0.4 is 5.32 Å². The Kier molecular flexibility index (Phi) is 4.92. The molecule has 1 unspecified atom stereocenters. The zero-order chi connectivity index (χ0) is 16.2. The second kappa shape index (κ2) is 7.10. The molecule has 0 bridgehead atoms. The van der Waals surface area contributed by atoms with Crippen LogP contribution in [0.15, 0.2) is 33.1 Å². The van der Waals surface area contributed by atoms with Gasteiger partial charge in [0.05, 0.1) is 5.25 Å². The first-order valence-electron chi connectivity index (χ1n) is 7.31. The van der Waals surface area contributed by atoms with Gasteiger partial charge in [-0.1, -0.05) is 53.4 Å². The molecule has 0 aliphatic carbocycles. The maximum Gasteiger partial charge on any atom is 0.239 e. The molecule has 0 spiro atoms. The first kappa shape index (κ1) is 15.9. The Morgan fingerprint density at radius 2 is 2.13 bits per heavy atom. The molecule has 0 radical (unpaired) electrons. The summed E-state index contributed by atoms with van der Waals surface area (Å²) in [6.45, 7) is 5.96. The smallest absolute Gasteiger partial charge is 0.239 e. The first-order chi connectivity index (χ1) is 11.2. The van der Waals surface area contributed by atoms with Crippen LogP contribution in [0.25, 0.3) is 0 Å². The van der Waals surface area contributed by atoms with Crippen LogP contribution in [0.4, 0.5) is 10.8 Å². The van der Waals surface area contributed by atoms with Crippen LogP contribution in [-0.4, -0.2) is 20.3 Å². The van der Waals surface area contributed by atoms with Gasteiger partial charge in [0.1, 0.15) is 0 Å². The van der Waals surface area contributed by atoms with Crippen molar-refractivity contribution in [1.82, 2.24) is 20.3 Å². The number of hydrogen-bond acceptors (Lipinski definition) is 8.